The highest BCUT2D eigenvalue weighted by atomic mass is 79.9. The summed E-state index contributed by atoms with van der Waals surface area (Å²) < 4.78 is 27.0. The van der Waals surface area contributed by atoms with Crippen LogP contribution in [0.4, 0.5) is 20.2 Å². The van der Waals surface area contributed by atoms with Gasteiger partial charge in [-0.1, -0.05) is 6.07 Å². The summed E-state index contributed by atoms with van der Waals surface area (Å²) in [7, 11) is 0. The molecule has 0 saturated carbocycles. The molecule has 2 aromatic carbocycles. The van der Waals surface area contributed by atoms with Gasteiger partial charge in [-0.05, 0) is 46.3 Å². The van der Waals surface area contributed by atoms with E-state index in [1.54, 1.807) is 0 Å². The first-order chi connectivity index (χ1) is 8.99. The standard InChI is InChI=1S/C13H9BrF2N2O/c14-9-3-1-2-8(12(9)16)13(19)18-11-6-7(15)4-5-10(11)17/h1-6H,17H2,(H,18,19). The topological polar surface area (TPSA) is 55.1 Å². The van der Waals surface area contributed by atoms with Crippen molar-refractivity contribution in [2.75, 3.05) is 11.1 Å². The SMILES string of the molecule is Nc1ccc(F)cc1NC(=O)c1cccc(Br)c1F. The van der Waals surface area contributed by atoms with Gasteiger partial charge in [0, 0.05) is 0 Å². The molecule has 2 rings (SSSR count). The van der Waals surface area contributed by atoms with Crippen LogP contribution in [0.5, 0.6) is 0 Å². The van der Waals surface area contributed by atoms with E-state index in [9.17, 15) is 13.6 Å². The average Bonchev–Trinajstić information content (AvgIpc) is 2.37. The van der Waals surface area contributed by atoms with Crippen LogP contribution in [0, 0.1) is 11.6 Å². The summed E-state index contributed by atoms with van der Waals surface area (Å²) in [6.45, 7) is 0. The first-order valence-electron chi connectivity index (χ1n) is 5.29. The van der Waals surface area contributed by atoms with E-state index in [0.29, 0.717) is 0 Å². The third kappa shape index (κ3) is 2.90. The Labute approximate surface area is 116 Å². The highest BCUT2D eigenvalue weighted by molar-refractivity contribution is 9.10. The molecular weight excluding hydrogens is 318 g/mol. The quantitative estimate of drug-likeness (QED) is 0.829. The molecule has 1 amide bonds. The molecule has 0 spiro atoms. The predicted octanol–water partition coefficient (Wildman–Crippen LogP) is 3.56. The highest BCUT2D eigenvalue weighted by Crippen LogP contribution is 2.22. The largest absolute Gasteiger partial charge is 0.397 e. The number of hydrogen-bond acceptors (Lipinski definition) is 2. The van der Waals surface area contributed by atoms with Crippen molar-refractivity contribution in [1.29, 1.82) is 0 Å². The molecule has 0 heterocycles. The molecule has 0 aromatic heterocycles. The van der Waals surface area contributed by atoms with Crippen LogP contribution in [0.1, 0.15) is 10.4 Å². The molecule has 0 bridgehead atoms. The van der Waals surface area contributed by atoms with Gasteiger partial charge in [0.1, 0.15) is 11.6 Å². The lowest BCUT2D eigenvalue weighted by Gasteiger charge is -2.09. The van der Waals surface area contributed by atoms with E-state index in [4.69, 9.17) is 5.73 Å². The molecule has 6 heteroatoms. The maximum absolute atomic E-state index is 13.7. The van der Waals surface area contributed by atoms with E-state index in [1.807, 2.05) is 0 Å². The Morgan fingerprint density at radius 2 is 1.95 bits per heavy atom. The fourth-order valence-corrected chi connectivity index (χ4v) is 1.87. The second kappa shape index (κ2) is 5.36. The Hall–Kier alpha value is -1.95. The van der Waals surface area contributed by atoms with Gasteiger partial charge in [-0.2, -0.15) is 0 Å². The van der Waals surface area contributed by atoms with E-state index in [0.717, 1.165) is 6.07 Å². The number of halogens is 3. The number of hydrogen-bond donors (Lipinski definition) is 2. The number of carbonyl (C=O) groups excluding carboxylic acids is 1. The molecule has 3 N–H and O–H groups in total. The zero-order valence-electron chi connectivity index (χ0n) is 9.58. The van der Waals surface area contributed by atoms with E-state index in [-0.39, 0.29) is 21.4 Å². The fourth-order valence-electron chi connectivity index (χ4n) is 1.51. The zero-order valence-corrected chi connectivity index (χ0v) is 11.2. The third-order valence-corrected chi connectivity index (χ3v) is 3.07. The molecule has 2 aromatic rings. The lowest BCUT2D eigenvalue weighted by Crippen LogP contribution is -2.15. The monoisotopic (exact) mass is 326 g/mol. The maximum Gasteiger partial charge on any atom is 0.258 e. The third-order valence-electron chi connectivity index (χ3n) is 2.46. The van der Waals surface area contributed by atoms with Gasteiger partial charge in [0.2, 0.25) is 0 Å². The number of nitrogen functional groups attached to an aromatic ring is 1. The van der Waals surface area contributed by atoms with Crippen molar-refractivity contribution in [3.8, 4) is 0 Å². The normalized spacial score (nSPS) is 10.3. The Kier molecular flexibility index (Phi) is 3.80. The predicted molar refractivity (Wildman–Crippen MR) is 72.9 cm³/mol. The van der Waals surface area contributed by atoms with Crippen LogP contribution in [-0.4, -0.2) is 5.91 Å². The van der Waals surface area contributed by atoms with Crippen molar-refractivity contribution in [1.82, 2.24) is 0 Å². The van der Waals surface area contributed by atoms with Crippen molar-refractivity contribution < 1.29 is 13.6 Å². The van der Waals surface area contributed by atoms with Gasteiger partial charge in [-0.3, -0.25) is 4.79 Å². The first-order valence-corrected chi connectivity index (χ1v) is 6.08. The van der Waals surface area contributed by atoms with Crippen LogP contribution in [0.25, 0.3) is 0 Å². The minimum atomic E-state index is -0.698. The number of anilines is 2. The molecule has 0 fully saturated rings. The van der Waals surface area contributed by atoms with Crippen molar-refractivity contribution in [3.05, 3.63) is 58.1 Å². The summed E-state index contributed by atoms with van der Waals surface area (Å²) in [5.74, 6) is -1.93. The first kappa shape index (κ1) is 13.5. The number of amides is 1. The summed E-state index contributed by atoms with van der Waals surface area (Å²) in [5.41, 5.74) is 5.75. The molecule has 19 heavy (non-hydrogen) atoms. The van der Waals surface area contributed by atoms with E-state index in [2.05, 4.69) is 21.2 Å². The molecule has 0 atom stereocenters. The second-order valence-electron chi connectivity index (χ2n) is 3.79. The van der Waals surface area contributed by atoms with Crippen molar-refractivity contribution in [3.63, 3.8) is 0 Å². The molecule has 0 aliphatic heterocycles. The van der Waals surface area contributed by atoms with E-state index < -0.39 is 17.5 Å². The van der Waals surface area contributed by atoms with Gasteiger partial charge in [-0.15, -0.1) is 0 Å². The Morgan fingerprint density at radius 3 is 2.68 bits per heavy atom. The lowest BCUT2D eigenvalue weighted by molar-refractivity contribution is 0.102. The summed E-state index contributed by atoms with van der Waals surface area (Å²) in [6, 6.07) is 7.89. The number of nitrogens with two attached hydrogens (primary N) is 1. The Bertz CT molecular complexity index is 647. The van der Waals surface area contributed by atoms with Gasteiger partial charge in [0.25, 0.3) is 5.91 Å². The van der Waals surface area contributed by atoms with E-state index >= 15 is 0 Å². The Balaban J connectivity index is 2.31. The Morgan fingerprint density at radius 1 is 1.21 bits per heavy atom. The average molecular weight is 327 g/mol. The summed E-state index contributed by atoms with van der Waals surface area (Å²) in [4.78, 5) is 11.9. The molecule has 0 saturated heterocycles. The number of rotatable bonds is 2. The van der Waals surface area contributed by atoms with Crippen molar-refractivity contribution in [2.24, 2.45) is 0 Å². The second-order valence-corrected chi connectivity index (χ2v) is 4.64. The van der Waals surface area contributed by atoms with E-state index in [1.165, 1.54) is 30.3 Å². The van der Waals surface area contributed by atoms with Crippen LogP contribution in [0.15, 0.2) is 40.9 Å². The summed E-state index contributed by atoms with van der Waals surface area (Å²) >= 11 is 2.99. The van der Waals surface area contributed by atoms with Crippen molar-refractivity contribution in [2.45, 2.75) is 0 Å². The minimum absolute atomic E-state index is 0.101. The van der Waals surface area contributed by atoms with Crippen molar-refractivity contribution >= 4 is 33.2 Å². The number of benzene rings is 2. The summed E-state index contributed by atoms with van der Waals surface area (Å²) in [6.07, 6.45) is 0. The van der Waals surface area contributed by atoms with Gasteiger partial charge in [-0.25, -0.2) is 8.78 Å². The van der Waals surface area contributed by atoms with Crippen LogP contribution >= 0.6 is 15.9 Å². The zero-order chi connectivity index (χ0) is 14.0. The fraction of sp³-hybridized carbons (Fsp3) is 0. The molecule has 0 aliphatic carbocycles. The smallest absolute Gasteiger partial charge is 0.258 e. The molecule has 98 valence electrons. The molecular formula is C13H9BrF2N2O. The van der Waals surface area contributed by atoms with Gasteiger partial charge in [0.05, 0.1) is 21.4 Å². The van der Waals surface area contributed by atoms with Gasteiger partial charge in [0.15, 0.2) is 0 Å². The summed E-state index contributed by atoms with van der Waals surface area (Å²) in [5, 5.41) is 2.37. The minimum Gasteiger partial charge on any atom is -0.397 e. The molecule has 3 nitrogen and oxygen atoms in total. The highest BCUT2D eigenvalue weighted by Gasteiger charge is 2.15. The number of nitrogens with one attached hydrogen (secondary N) is 1. The van der Waals surface area contributed by atoms with Crippen LogP contribution in [0.3, 0.4) is 0 Å². The molecule has 0 aliphatic rings. The van der Waals surface area contributed by atoms with Crippen LogP contribution in [-0.2, 0) is 0 Å². The van der Waals surface area contributed by atoms with Gasteiger partial charge < -0.3 is 11.1 Å². The van der Waals surface area contributed by atoms with Gasteiger partial charge >= 0.3 is 0 Å². The van der Waals surface area contributed by atoms with Crippen LogP contribution in [0.2, 0.25) is 0 Å². The van der Waals surface area contributed by atoms with Crippen LogP contribution < -0.4 is 11.1 Å². The molecule has 0 unspecified atom stereocenters. The molecule has 0 radical (unpaired) electrons. The number of carbonyl (C=O) groups is 1. The lowest BCUT2D eigenvalue weighted by atomic mass is 10.2. The maximum atomic E-state index is 13.7.